The largest absolute Gasteiger partial charge is 0.295 e. The smallest absolute Gasteiger partial charge is 0.261 e. The van der Waals surface area contributed by atoms with Crippen LogP contribution in [0.3, 0.4) is 0 Å². The van der Waals surface area contributed by atoms with Gasteiger partial charge >= 0.3 is 0 Å². The summed E-state index contributed by atoms with van der Waals surface area (Å²) in [6.45, 7) is 2.25. The Bertz CT molecular complexity index is 1630. The number of imidazole rings is 1. The highest BCUT2D eigenvalue weighted by Gasteiger charge is 2.35. The predicted octanol–water partition coefficient (Wildman–Crippen LogP) is 8.98. The normalized spacial score (nSPS) is 16.8. The van der Waals surface area contributed by atoms with Crippen molar-refractivity contribution < 1.29 is 4.57 Å². The molecule has 0 aliphatic heterocycles. The van der Waals surface area contributed by atoms with Crippen LogP contribution in [-0.2, 0) is 7.05 Å². The molecule has 2 aliphatic carbocycles. The maximum absolute atomic E-state index is 4.78. The number of hydrogen-bond acceptors (Lipinski definition) is 2. The van der Waals surface area contributed by atoms with Crippen molar-refractivity contribution in [1.29, 1.82) is 0 Å². The highest BCUT2D eigenvalue weighted by molar-refractivity contribution is 5.82. The third-order valence-corrected chi connectivity index (χ3v) is 9.74. The lowest BCUT2D eigenvalue weighted by molar-refractivity contribution is -0.633. The van der Waals surface area contributed by atoms with Gasteiger partial charge in [0.1, 0.15) is 5.69 Å². The van der Waals surface area contributed by atoms with Gasteiger partial charge in [0.15, 0.2) is 11.0 Å². The molecule has 0 atom stereocenters. The molecule has 0 radical (unpaired) electrons. The molecule has 2 aromatic heterocycles. The molecule has 2 saturated carbocycles. The van der Waals surface area contributed by atoms with E-state index < -0.39 is 0 Å². The zero-order chi connectivity index (χ0) is 27.8. The maximum Gasteiger partial charge on any atom is 0.295 e. The first-order valence-corrected chi connectivity index (χ1v) is 15.7. The fraction of sp³-hybridized carbons (Fsp3) is 0.378. The van der Waals surface area contributed by atoms with E-state index in [9.17, 15) is 0 Å². The van der Waals surface area contributed by atoms with Gasteiger partial charge in [-0.25, -0.2) is 4.57 Å². The number of aryl methyl sites for hydroxylation is 2. The summed E-state index contributed by atoms with van der Waals surface area (Å²) >= 11 is 0. The molecule has 4 heteroatoms. The predicted molar refractivity (Wildman–Crippen MR) is 167 cm³/mol. The topological polar surface area (TPSA) is 34.6 Å². The zero-order valence-electron chi connectivity index (χ0n) is 24.5. The highest BCUT2D eigenvalue weighted by atomic mass is 15.2. The maximum atomic E-state index is 4.78. The summed E-state index contributed by atoms with van der Waals surface area (Å²) in [5, 5.41) is 0. The van der Waals surface area contributed by atoms with Gasteiger partial charge in [0.05, 0.1) is 24.5 Å². The van der Waals surface area contributed by atoms with Gasteiger partial charge < -0.3 is 0 Å². The van der Waals surface area contributed by atoms with Crippen LogP contribution in [0.1, 0.15) is 92.7 Å². The molecule has 0 bridgehead atoms. The van der Waals surface area contributed by atoms with Crippen LogP contribution < -0.4 is 4.57 Å². The van der Waals surface area contributed by atoms with Gasteiger partial charge in [-0.2, -0.15) is 4.57 Å². The van der Waals surface area contributed by atoms with Gasteiger partial charge in [-0.3, -0.25) is 9.97 Å². The van der Waals surface area contributed by atoms with Crippen molar-refractivity contribution in [2.45, 2.75) is 83.0 Å². The number of para-hydroxylation sites is 2. The average Bonchev–Trinajstić information content (AvgIpc) is 3.33. The van der Waals surface area contributed by atoms with Crippen molar-refractivity contribution in [2.75, 3.05) is 0 Å². The van der Waals surface area contributed by atoms with Crippen molar-refractivity contribution in [3.8, 4) is 28.3 Å². The summed E-state index contributed by atoms with van der Waals surface area (Å²) in [4.78, 5) is 9.24. The van der Waals surface area contributed by atoms with E-state index >= 15 is 0 Å². The fourth-order valence-electron chi connectivity index (χ4n) is 7.65. The monoisotopic (exact) mass is 541 g/mol. The zero-order valence-corrected chi connectivity index (χ0v) is 24.5. The molecule has 0 N–H and O–H groups in total. The van der Waals surface area contributed by atoms with Crippen LogP contribution in [0.2, 0.25) is 0 Å². The molecular formula is C37H41N4+. The summed E-state index contributed by atoms with van der Waals surface area (Å²) in [7, 11) is 2.25. The molecule has 0 spiro atoms. The number of benzene rings is 3. The van der Waals surface area contributed by atoms with E-state index in [1.165, 1.54) is 115 Å². The Morgan fingerprint density at radius 2 is 1.39 bits per heavy atom. The number of rotatable bonds is 5. The lowest BCUT2D eigenvalue weighted by Gasteiger charge is -2.29. The molecular weight excluding hydrogens is 500 g/mol. The molecule has 0 amide bonds. The van der Waals surface area contributed by atoms with Crippen LogP contribution in [0.25, 0.3) is 39.4 Å². The molecule has 3 aromatic carbocycles. The van der Waals surface area contributed by atoms with Gasteiger partial charge in [0.25, 0.3) is 5.82 Å². The molecule has 5 aromatic rings. The third kappa shape index (κ3) is 4.77. The molecule has 4 nitrogen and oxygen atoms in total. The van der Waals surface area contributed by atoms with Crippen LogP contribution >= 0.6 is 0 Å². The Hall–Kier alpha value is -3.79. The van der Waals surface area contributed by atoms with Crippen molar-refractivity contribution in [3.05, 3.63) is 95.9 Å². The van der Waals surface area contributed by atoms with E-state index in [0.717, 1.165) is 5.69 Å². The Morgan fingerprint density at radius 3 is 2.02 bits per heavy atom. The van der Waals surface area contributed by atoms with Gasteiger partial charge in [-0.15, -0.1) is 0 Å². The summed E-state index contributed by atoms with van der Waals surface area (Å²) in [5.41, 5.74) is 11.8. The second kappa shape index (κ2) is 11.2. The van der Waals surface area contributed by atoms with E-state index in [2.05, 4.69) is 88.8 Å². The minimum absolute atomic E-state index is 0.550. The molecule has 2 heterocycles. The fourth-order valence-corrected chi connectivity index (χ4v) is 7.65. The van der Waals surface area contributed by atoms with Crippen molar-refractivity contribution >= 4 is 11.0 Å². The van der Waals surface area contributed by atoms with E-state index in [1.807, 2.05) is 12.4 Å². The van der Waals surface area contributed by atoms with Gasteiger partial charge in [-0.1, -0.05) is 68.9 Å². The molecule has 7 rings (SSSR count). The summed E-state index contributed by atoms with van der Waals surface area (Å²) in [6.07, 6.45) is 18.5. The van der Waals surface area contributed by atoms with Crippen molar-refractivity contribution in [1.82, 2.24) is 14.5 Å². The van der Waals surface area contributed by atoms with Gasteiger partial charge in [0, 0.05) is 29.1 Å². The Morgan fingerprint density at radius 1 is 0.756 bits per heavy atom. The molecule has 0 unspecified atom stereocenters. The number of fused-ring (bicyclic) bond motifs is 1. The summed E-state index contributed by atoms with van der Waals surface area (Å²) in [5.74, 6) is 2.37. The molecule has 41 heavy (non-hydrogen) atoms. The quantitative estimate of drug-likeness (QED) is 0.208. The molecule has 208 valence electrons. The number of nitrogens with zero attached hydrogens (tertiary/aromatic N) is 4. The Labute approximate surface area is 244 Å². The average molecular weight is 542 g/mol. The van der Waals surface area contributed by atoms with Crippen LogP contribution in [0.15, 0.2) is 79.3 Å². The highest BCUT2D eigenvalue weighted by Crippen LogP contribution is 2.46. The first-order chi connectivity index (χ1) is 20.2. The third-order valence-electron chi connectivity index (χ3n) is 9.74. The molecule has 2 fully saturated rings. The van der Waals surface area contributed by atoms with Crippen LogP contribution in [0.4, 0.5) is 0 Å². The lowest BCUT2D eigenvalue weighted by atomic mass is 9.77. The minimum atomic E-state index is 0.550. The molecule has 0 saturated heterocycles. The van der Waals surface area contributed by atoms with E-state index in [4.69, 9.17) is 4.98 Å². The van der Waals surface area contributed by atoms with Crippen molar-refractivity contribution in [2.24, 2.45) is 7.05 Å². The first-order valence-electron chi connectivity index (χ1n) is 15.7. The lowest BCUT2D eigenvalue weighted by Crippen LogP contribution is -2.30. The van der Waals surface area contributed by atoms with Crippen LogP contribution in [0, 0.1) is 6.92 Å². The number of hydrogen-bond donors (Lipinski definition) is 0. The second-order valence-corrected chi connectivity index (χ2v) is 12.3. The molecule has 2 aliphatic rings. The van der Waals surface area contributed by atoms with E-state index in [-0.39, 0.29) is 0 Å². The number of aromatic nitrogens is 4. The van der Waals surface area contributed by atoms with Crippen molar-refractivity contribution in [3.63, 3.8) is 0 Å². The van der Waals surface area contributed by atoms with Gasteiger partial charge in [-0.05, 0) is 80.3 Å². The SMILES string of the molecule is Cc1ccccc1-c1n(-c2c(C3CCCCC3)cc(-c3cnccn3)cc2C2CCCCC2)c2ccccc2[n+]1C. The van der Waals surface area contributed by atoms with E-state index in [1.54, 1.807) is 6.20 Å². The van der Waals surface area contributed by atoms with Crippen LogP contribution in [0.5, 0.6) is 0 Å². The summed E-state index contributed by atoms with van der Waals surface area (Å²) < 4.78 is 5.07. The van der Waals surface area contributed by atoms with E-state index in [0.29, 0.717) is 11.8 Å². The Kier molecular flexibility index (Phi) is 7.16. The first kappa shape index (κ1) is 26.1. The summed E-state index contributed by atoms with van der Waals surface area (Å²) in [6, 6.07) is 22.8. The second-order valence-electron chi connectivity index (χ2n) is 12.3. The van der Waals surface area contributed by atoms with Gasteiger partial charge in [0.2, 0.25) is 0 Å². The Balaban J connectivity index is 1.60. The standard InChI is InChI=1S/C37H41N4/c1-26-13-9-10-18-30(26)37-40(2)34-19-11-12-20-35(34)41(37)36-31(27-14-5-3-6-15-27)23-29(33-25-38-21-22-39-33)24-32(36)28-16-7-4-8-17-28/h9-13,18-25,27-28H,3-8,14-17H2,1-2H3/q+1. The van der Waals surface area contributed by atoms with Crippen LogP contribution in [-0.4, -0.2) is 14.5 Å². The minimum Gasteiger partial charge on any atom is -0.261 e.